The third kappa shape index (κ3) is 1.91. The van der Waals surface area contributed by atoms with Gasteiger partial charge in [0.05, 0.1) is 5.02 Å². The third-order valence-electron chi connectivity index (χ3n) is 3.97. The van der Waals surface area contributed by atoms with Crippen molar-refractivity contribution in [3.05, 3.63) is 29.5 Å². The zero-order valence-corrected chi connectivity index (χ0v) is 12.8. The molecule has 0 amide bonds. The van der Waals surface area contributed by atoms with Gasteiger partial charge in [0.25, 0.3) is 0 Å². The van der Waals surface area contributed by atoms with Crippen LogP contribution in [-0.4, -0.2) is 17.5 Å². The number of hydrogen-bond acceptors (Lipinski definition) is 1. The molecule has 2 heterocycles. The maximum Gasteiger partial charge on any atom is 0.163 e. The molecule has 2 rings (SSSR count). The minimum absolute atomic E-state index is 0.281. The van der Waals surface area contributed by atoms with E-state index in [1.807, 2.05) is 6.07 Å². The van der Waals surface area contributed by atoms with Gasteiger partial charge >= 0.3 is 0 Å². The minimum atomic E-state index is -1.62. The summed E-state index contributed by atoms with van der Waals surface area (Å²) in [6, 6.07) is 3.92. The van der Waals surface area contributed by atoms with Crippen LogP contribution in [0.3, 0.4) is 0 Å². The Labute approximate surface area is 109 Å². The summed E-state index contributed by atoms with van der Waals surface area (Å²) < 4.78 is 2.36. The molecule has 0 saturated heterocycles. The van der Waals surface area contributed by atoms with Gasteiger partial charge < -0.3 is 4.23 Å². The van der Waals surface area contributed by atoms with Crippen molar-refractivity contribution in [1.29, 1.82) is 0 Å². The van der Waals surface area contributed by atoms with E-state index in [0.29, 0.717) is 0 Å². The Bertz CT molecular complexity index is 552. The Morgan fingerprint density at radius 3 is 2.47 bits per heavy atom. The van der Waals surface area contributed by atoms with E-state index in [9.17, 15) is 0 Å². The molecule has 2 aromatic rings. The molecule has 2 nitrogen and oxygen atoms in total. The van der Waals surface area contributed by atoms with Crippen LogP contribution in [0.15, 0.2) is 24.5 Å². The lowest BCUT2D eigenvalue weighted by molar-refractivity contribution is 0.702. The van der Waals surface area contributed by atoms with Gasteiger partial charge in [-0.05, 0) is 23.4 Å². The predicted molar refractivity (Wildman–Crippen MR) is 77.3 cm³/mol. The van der Waals surface area contributed by atoms with Crippen LogP contribution in [0.25, 0.3) is 11.0 Å². The topological polar surface area (TPSA) is 17.8 Å². The number of rotatable bonds is 1. The van der Waals surface area contributed by atoms with E-state index in [-0.39, 0.29) is 5.04 Å². The molecule has 0 N–H and O–H groups in total. The van der Waals surface area contributed by atoms with E-state index < -0.39 is 8.24 Å². The summed E-state index contributed by atoms with van der Waals surface area (Å²) in [4.78, 5) is 4.50. The van der Waals surface area contributed by atoms with Crippen molar-refractivity contribution in [2.45, 2.75) is 38.9 Å². The normalized spacial score (nSPS) is 13.3. The first-order valence-electron chi connectivity index (χ1n) is 5.87. The molecule has 0 saturated carbocycles. The van der Waals surface area contributed by atoms with Crippen molar-refractivity contribution >= 4 is 30.9 Å². The summed E-state index contributed by atoms with van der Waals surface area (Å²) in [7, 11) is -1.62. The van der Waals surface area contributed by atoms with Crippen LogP contribution >= 0.6 is 11.6 Å². The standard InChI is InChI=1S/C13H19ClN2Si/c1-13(2,3)17(4,5)16-9-7-10-11(14)6-8-15-12(10)16/h6-9H,1-5H3. The number of halogens is 1. The fourth-order valence-electron chi connectivity index (χ4n) is 1.82. The lowest BCUT2D eigenvalue weighted by Crippen LogP contribution is -2.45. The maximum absolute atomic E-state index is 6.20. The van der Waals surface area contributed by atoms with Crippen LogP contribution < -0.4 is 0 Å². The number of aromatic nitrogens is 2. The second-order valence-corrected chi connectivity index (χ2v) is 11.5. The number of nitrogens with zero attached hydrogens (tertiary/aromatic N) is 2. The summed E-state index contributed by atoms with van der Waals surface area (Å²) in [5, 5.41) is 2.12. The SMILES string of the molecule is CC(C)(C)[Si](C)(C)n1ccc2c(Cl)ccnc21. The quantitative estimate of drug-likeness (QED) is 0.693. The molecule has 0 aromatic carbocycles. The smallest absolute Gasteiger partial charge is 0.163 e. The Balaban J connectivity index is 2.69. The van der Waals surface area contributed by atoms with E-state index in [1.54, 1.807) is 6.20 Å². The molecular weight excluding hydrogens is 248 g/mol. The molecule has 0 aliphatic carbocycles. The third-order valence-corrected chi connectivity index (χ3v) is 9.54. The second-order valence-electron chi connectivity index (χ2n) is 6.02. The van der Waals surface area contributed by atoms with Gasteiger partial charge in [0, 0.05) is 11.6 Å². The highest BCUT2D eigenvalue weighted by atomic mass is 35.5. The highest BCUT2D eigenvalue weighted by Gasteiger charge is 2.38. The van der Waals surface area contributed by atoms with Crippen LogP contribution in [0, 0.1) is 0 Å². The molecular formula is C13H19ClN2Si. The number of hydrogen-bond donors (Lipinski definition) is 0. The Morgan fingerprint density at radius 2 is 1.88 bits per heavy atom. The minimum Gasteiger partial charge on any atom is -0.359 e. The lowest BCUT2D eigenvalue weighted by atomic mass is 10.2. The Kier molecular flexibility index (Phi) is 2.87. The first-order chi connectivity index (χ1) is 7.75. The highest BCUT2D eigenvalue weighted by molar-refractivity contribution is 6.79. The van der Waals surface area contributed by atoms with Gasteiger partial charge in [-0.2, -0.15) is 0 Å². The average Bonchev–Trinajstić information content (AvgIpc) is 2.61. The van der Waals surface area contributed by atoms with Gasteiger partial charge in [-0.1, -0.05) is 45.5 Å². The van der Waals surface area contributed by atoms with Crippen LogP contribution in [0.5, 0.6) is 0 Å². The summed E-state index contributed by atoms with van der Waals surface area (Å²) in [5.74, 6) is 0. The van der Waals surface area contributed by atoms with Crippen LogP contribution in [0.4, 0.5) is 0 Å². The molecule has 0 unspecified atom stereocenters. The molecule has 2 aromatic heterocycles. The predicted octanol–water partition coefficient (Wildman–Crippen LogP) is 4.54. The number of fused-ring (bicyclic) bond motifs is 1. The van der Waals surface area contributed by atoms with E-state index in [4.69, 9.17) is 11.6 Å². The van der Waals surface area contributed by atoms with Gasteiger partial charge in [-0.25, -0.2) is 4.98 Å². The first kappa shape index (κ1) is 12.6. The van der Waals surface area contributed by atoms with Crippen LogP contribution in [0.1, 0.15) is 20.8 Å². The van der Waals surface area contributed by atoms with Crippen molar-refractivity contribution < 1.29 is 0 Å². The van der Waals surface area contributed by atoms with Crippen LogP contribution in [0.2, 0.25) is 23.2 Å². The van der Waals surface area contributed by atoms with E-state index in [0.717, 1.165) is 16.1 Å². The molecule has 0 atom stereocenters. The molecule has 0 radical (unpaired) electrons. The van der Waals surface area contributed by atoms with Crippen LogP contribution in [-0.2, 0) is 0 Å². The lowest BCUT2D eigenvalue weighted by Gasteiger charge is -2.38. The second kappa shape index (κ2) is 3.85. The highest BCUT2D eigenvalue weighted by Crippen LogP contribution is 2.39. The van der Waals surface area contributed by atoms with Crippen molar-refractivity contribution in [1.82, 2.24) is 9.22 Å². The first-order valence-corrected chi connectivity index (χ1v) is 9.20. The molecule has 0 spiro atoms. The Hall–Kier alpha value is -0.803. The van der Waals surface area contributed by atoms with Gasteiger partial charge in [0.1, 0.15) is 5.65 Å². The maximum atomic E-state index is 6.20. The van der Waals surface area contributed by atoms with Crippen molar-refractivity contribution in [3.63, 3.8) is 0 Å². The monoisotopic (exact) mass is 266 g/mol. The molecule has 0 aliphatic heterocycles. The van der Waals surface area contributed by atoms with E-state index in [1.165, 1.54) is 0 Å². The van der Waals surface area contributed by atoms with E-state index in [2.05, 4.69) is 55.3 Å². The number of pyridine rings is 1. The molecule has 0 aliphatic rings. The average molecular weight is 267 g/mol. The summed E-state index contributed by atoms with van der Waals surface area (Å²) in [6.45, 7) is 11.6. The van der Waals surface area contributed by atoms with Gasteiger partial charge in [0.15, 0.2) is 8.24 Å². The zero-order chi connectivity index (χ0) is 12.8. The van der Waals surface area contributed by atoms with Crippen molar-refractivity contribution in [3.8, 4) is 0 Å². The molecule has 92 valence electrons. The molecule has 17 heavy (non-hydrogen) atoms. The summed E-state index contributed by atoms with van der Waals surface area (Å²) >= 11 is 6.20. The van der Waals surface area contributed by atoms with E-state index >= 15 is 0 Å². The molecule has 0 bridgehead atoms. The fourth-order valence-corrected chi connectivity index (χ4v) is 3.90. The largest absolute Gasteiger partial charge is 0.359 e. The van der Waals surface area contributed by atoms with Gasteiger partial charge in [0.2, 0.25) is 0 Å². The summed E-state index contributed by atoms with van der Waals surface area (Å²) in [5.41, 5.74) is 1.02. The fraction of sp³-hybridized carbons (Fsp3) is 0.462. The molecule has 4 heteroatoms. The van der Waals surface area contributed by atoms with Crippen molar-refractivity contribution in [2.24, 2.45) is 0 Å². The molecule has 0 fully saturated rings. The van der Waals surface area contributed by atoms with Crippen molar-refractivity contribution in [2.75, 3.05) is 0 Å². The zero-order valence-electron chi connectivity index (χ0n) is 11.1. The summed E-state index contributed by atoms with van der Waals surface area (Å²) in [6.07, 6.45) is 3.93. The van der Waals surface area contributed by atoms with Gasteiger partial charge in [-0.15, -0.1) is 0 Å². The van der Waals surface area contributed by atoms with Gasteiger partial charge in [-0.3, -0.25) is 0 Å². The Morgan fingerprint density at radius 1 is 1.24 bits per heavy atom.